The Kier molecular flexibility index (Phi) is 4.39. The molecule has 2 aliphatic heterocycles. The maximum absolute atomic E-state index is 12.7. The van der Waals surface area contributed by atoms with Gasteiger partial charge in [-0.2, -0.15) is 0 Å². The molecular formula is C18H24N2O3. The fourth-order valence-electron chi connectivity index (χ4n) is 3.37. The van der Waals surface area contributed by atoms with Gasteiger partial charge in [0, 0.05) is 25.3 Å². The molecule has 1 aromatic rings. The lowest BCUT2D eigenvalue weighted by Crippen LogP contribution is -2.45. The molecule has 5 nitrogen and oxygen atoms in total. The number of carbonyl (C=O) groups is 2. The molecule has 1 atom stereocenters. The summed E-state index contributed by atoms with van der Waals surface area (Å²) in [6, 6.07) is 5.97. The lowest BCUT2D eigenvalue weighted by atomic mass is 10.0. The molecule has 2 amide bonds. The van der Waals surface area contributed by atoms with Crippen molar-refractivity contribution >= 4 is 17.5 Å². The van der Waals surface area contributed by atoms with Gasteiger partial charge >= 0.3 is 0 Å². The van der Waals surface area contributed by atoms with E-state index in [9.17, 15) is 14.7 Å². The van der Waals surface area contributed by atoms with Crippen molar-refractivity contribution in [2.45, 2.75) is 39.2 Å². The highest BCUT2D eigenvalue weighted by atomic mass is 16.3. The molecule has 5 heteroatoms. The maximum atomic E-state index is 12.7. The van der Waals surface area contributed by atoms with Crippen LogP contribution in [-0.2, 0) is 9.59 Å². The molecule has 23 heavy (non-hydrogen) atoms. The molecule has 3 rings (SSSR count). The quantitative estimate of drug-likeness (QED) is 0.844. The summed E-state index contributed by atoms with van der Waals surface area (Å²) in [7, 11) is 0. The minimum Gasteiger partial charge on any atom is -0.393 e. The highest BCUT2D eigenvalue weighted by Gasteiger charge is 2.40. The zero-order chi connectivity index (χ0) is 16.6. The van der Waals surface area contributed by atoms with Crippen LogP contribution in [0.5, 0.6) is 0 Å². The van der Waals surface area contributed by atoms with E-state index in [-0.39, 0.29) is 17.9 Å². The first-order valence-electron chi connectivity index (χ1n) is 8.33. The molecule has 2 fully saturated rings. The molecule has 2 aliphatic rings. The van der Waals surface area contributed by atoms with E-state index in [1.807, 2.05) is 32.0 Å². The highest BCUT2D eigenvalue weighted by Crippen LogP contribution is 2.28. The fraction of sp³-hybridized carbons (Fsp3) is 0.556. The van der Waals surface area contributed by atoms with Crippen molar-refractivity contribution in [2.75, 3.05) is 24.5 Å². The number of nitrogens with zero attached hydrogens (tertiary/aromatic N) is 2. The van der Waals surface area contributed by atoms with E-state index in [1.54, 1.807) is 9.80 Å². The second-order valence-corrected chi connectivity index (χ2v) is 6.66. The molecule has 0 spiro atoms. The normalized spacial score (nSPS) is 22.7. The van der Waals surface area contributed by atoms with Crippen molar-refractivity contribution in [2.24, 2.45) is 5.92 Å². The number of likely N-dealkylation sites (tertiary alicyclic amines) is 1. The van der Waals surface area contributed by atoms with Gasteiger partial charge in [0.25, 0.3) is 0 Å². The molecular weight excluding hydrogens is 292 g/mol. The lowest BCUT2D eigenvalue weighted by molar-refractivity contribution is -0.141. The molecule has 0 bridgehead atoms. The van der Waals surface area contributed by atoms with E-state index >= 15 is 0 Å². The van der Waals surface area contributed by atoms with E-state index in [4.69, 9.17) is 0 Å². The number of hydrogen-bond acceptors (Lipinski definition) is 3. The predicted octanol–water partition coefficient (Wildman–Crippen LogP) is 1.64. The third kappa shape index (κ3) is 3.11. The SMILES string of the molecule is Cc1ccc(N2CCC(C(=O)N3CCC(O)CC3)C2=O)cc1C. The van der Waals surface area contributed by atoms with E-state index in [1.165, 1.54) is 5.56 Å². The molecule has 1 N–H and O–H groups in total. The number of carbonyl (C=O) groups excluding carboxylic acids is 2. The summed E-state index contributed by atoms with van der Waals surface area (Å²) < 4.78 is 0. The lowest BCUT2D eigenvalue weighted by Gasteiger charge is -2.31. The van der Waals surface area contributed by atoms with Gasteiger partial charge in [0.05, 0.1) is 6.10 Å². The van der Waals surface area contributed by atoms with Crippen LogP contribution in [0.2, 0.25) is 0 Å². The first kappa shape index (κ1) is 16.0. The summed E-state index contributed by atoms with van der Waals surface area (Å²) in [6.45, 7) is 5.76. The summed E-state index contributed by atoms with van der Waals surface area (Å²) in [4.78, 5) is 28.8. The molecule has 2 saturated heterocycles. The van der Waals surface area contributed by atoms with E-state index < -0.39 is 5.92 Å². The number of aliphatic hydroxyl groups excluding tert-OH is 1. The number of rotatable bonds is 2. The summed E-state index contributed by atoms with van der Waals surface area (Å²) in [5, 5.41) is 9.55. The number of piperidine rings is 1. The van der Waals surface area contributed by atoms with Gasteiger partial charge in [0.15, 0.2) is 0 Å². The fourth-order valence-corrected chi connectivity index (χ4v) is 3.37. The Labute approximate surface area is 136 Å². The Morgan fingerprint density at radius 2 is 1.78 bits per heavy atom. The molecule has 124 valence electrons. The minimum atomic E-state index is -0.563. The summed E-state index contributed by atoms with van der Waals surface area (Å²) in [5.74, 6) is -0.732. The summed E-state index contributed by atoms with van der Waals surface area (Å²) >= 11 is 0. The third-order valence-corrected chi connectivity index (χ3v) is 5.08. The van der Waals surface area contributed by atoms with Gasteiger partial charge in [-0.15, -0.1) is 0 Å². The largest absolute Gasteiger partial charge is 0.393 e. The minimum absolute atomic E-state index is 0.0757. The van der Waals surface area contributed by atoms with Crippen LogP contribution in [0.1, 0.15) is 30.4 Å². The number of amides is 2. The standard InChI is InChI=1S/C18H24N2O3/c1-12-3-4-14(11-13(12)2)20-10-7-16(18(20)23)17(22)19-8-5-15(21)6-9-19/h3-4,11,15-16,21H,5-10H2,1-2H3. The number of aryl methyl sites for hydroxylation is 2. The van der Waals surface area contributed by atoms with Crippen molar-refractivity contribution in [3.63, 3.8) is 0 Å². The molecule has 0 aromatic heterocycles. The molecule has 2 heterocycles. The van der Waals surface area contributed by atoms with Gasteiger partial charge in [-0.25, -0.2) is 0 Å². The molecule has 0 radical (unpaired) electrons. The van der Waals surface area contributed by atoms with Crippen LogP contribution in [0.15, 0.2) is 18.2 Å². The molecule has 1 unspecified atom stereocenters. The van der Waals surface area contributed by atoms with Crippen LogP contribution < -0.4 is 4.90 Å². The van der Waals surface area contributed by atoms with Gasteiger partial charge in [-0.1, -0.05) is 6.07 Å². The average Bonchev–Trinajstić information content (AvgIpc) is 2.92. The van der Waals surface area contributed by atoms with E-state index in [0.29, 0.717) is 38.9 Å². The van der Waals surface area contributed by atoms with Crippen molar-refractivity contribution < 1.29 is 14.7 Å². The topological polar surface area (TPSA) is 60.9 Å². The highest BCUT2D eigenvalue weighted by molar-refractivity contribution is 6.09. The second-order valence-electron chi connectivity index (χ2n) is 6.66. The summed E-state index contributed by atoms with van der Waals surface area (Å²) in [5.41, 5.74) is 3.22. The third-order valence-electron chi connectivity index (χ3n) is 5.08. The van der Waals surface area contributed by atoms with Crippen LogP contribution in [-0.4, -0.2) is 47.6 Å². The number of hydrogen-bond donors (Lipinski definition) is 1. The summed E-state index contributed by atoms with van der Waals surface area (Å²) in [6.07, 6.45) is 1.47. The first-order valence-corrected chi connectivity index (χ1v) is 8.33. The van der Waals surface area contributed by atoms with Crippen LogP contribution in [0.25, 0.3) is 0 Å². The van der Waals surface area contributed by atoms with Gasteiger partial charge in [-0.05, 0) is 56.4 Å². The average molecular weight is 316 g/mol. The molecule has 1 aromatic carbocycles. The van der Waals surface area contributed by atoms with Crippen LogP contribution >= 0.6 is 0 Å². The van der Waals surface area contributed by atoms with Crippen molar-refractivity contribution in [3.8, 4) is 0 Å². The van der Waals surface area contributed by atoms with Crippen molar-refractivity contribution in [3.05, 3.63) is 29.3 Å². The Hall–Kier alpha value is -1.88. The van der Waals surface area contributed by atoms with Gasteiger partial charge in [-0.3, -0.25) is 9.59 Å². The van der Waals surface area contributed by atoms with Crippen LogP contribution in [0.3, 0.4) is 0 Å². The Balaban J connectivity index is 1.71. The smallest absolute Gasteiger partial charge is 0.239 e. The Morgan fingerprint density at radius 3 is 2.43 bits per heavy atom. The maximum Gasteiger partial charge on any atom is 0.239 e. The zero-order valence-electron chi connectivity index (χ0n) is 13.8. The first-order chi connectivity index (χ1) is 11.0. The second kappa shape index (κ2) is 6.32. The van der Waals surface area contributed by atoms with Crippen LogP contribution in [0, 0.1) is 19.8 Å². The zero-order valence-corrected chi connectivity index (χ0v) is 13.8. The van der Waals surface area contributed by atoms with E-state index in [0.717, 1.165) is 11.3 Å². The van der Waals surface area contributed by atoms with Crippen molar-refractivity contribution in [1.82, 2.24) is 4.90 Å². The monoisotopic (exact) mass is 316 g/mol. The van der Waals surface area contributed by atoms with E-state index in [2.05, 4.69) is 0 Å². The van der Waals surface area contributed by atoms with Gasteiger partial charge in [0.2, 0.25) is 11.8 Å². The van der Waals surface area contributed by atoms with Gasteiger partial charge in [0.1, 0.15) is 5.92 Å². The number of anilines is 1. The number of aliphatic hydroxyl groups is 1. The van der Waals surface area contributed by atoms with Gasteiger partial charge < -0.3 is 14.9 Å². The Bertz CT molecular complexity index is 621. The Morgan fingerprint density at radius 1 is 1.09 bits per heavy atom. The number of benzene rings is 1. The molecule has 0 aliphatic carbocycles. The molecule has 0 saturated carbocycles. The van der Waals surface area contributed by atoms with Crippen LogP contribution in [0.4, 0.5) is 5.69 Å². The predicted molar refractivity (Wildman–Crippen MR) is 88.2 cm³/mol. The van der Waals surface area contributed by atoms with Crippen molar-refractivity contribution in [1.29, 1.82) is 0 Å².